The van der Waals surface area contributed by atoms with Gasteiger partial charge in [-0.15, -0.1) is 0 Å². The van der Waals surface area contributed by atoms with E-state index in [-0.39, 0.29) is 0 Å². The van der Waals surface area contributed by atoms with Gasteiger partial charge in [-0.25, -0.2) is 0 Å². The quantitative estimate of drug-likeness (QED) is 0.583. The van der Waals surface area contributed by atoms with Crippen molar-refractivity contribution in [1.29, 1.82) is 0 Å². The zero-order valence-electron chi connectivity index (χ0n) is 13.7. The number of allylic oxidation sites excluding steroid dienone is 4. The predicted molar refractivity (Wildman–Crippen MR) is 91.1 cm³/mol. The summed E-state index contributed by atoms with van der Waals surface area (Å²) in [7, 11) is 0. The van der Waals surface area contributed by atoms with E-state index in [9.17, 15) is 0 Å². The van der Waals surface area contributed by atoms with Crippen molar-refractivity contribution in [3.05, 3.63) is 58.7 Å². The molecule has 0 nitrogen and oxygen atoms in total. The van der Waals surface area contributed by atoms with E-state index in [1.807, 2.05) is 0 Å². The van der Waals surface area contributed by atoms with Gasteiger partial charge in [0.25, 0.3) is 0 Å². The Morgan fingerprint density at radius 3 is 1.30 bits per heavy atom. The van der Waals surface area contributed by atoms with Gasteiger partial charge in [0.1, 0.15) is 0 Å². The average Bonchev–Trinajstić information content (AvgIpc) is 2.46. The van der Waals surface area contributed by atoms with Crippen LogP contribution in [0.3, 0.4) is 0 Å². The van der Waals surface area contributed by atoms with Gasteiger partial charge in [0.05, 0.1) is 0 Å². The van der Waals surface area contributed by atoms with E-state index < -0.39 is 0 Å². The van der Waals surface area contributed by atoms with E-state index >= 15 is 0 Å². The fourth-order valence-corrected chi connectivity index (χ4v) is 2.42. The normalized spacial score (nSPS) is 14.0. The van der Waals surface area contributed by atoms with Crippen molar-refractivity contribution >= 4 is 0 Å². The number of hydrogen-bond donors (Lipinski definition) is 0. The second kappa shape index (κ2) is 9.58. The van der Waals surface area contributed by atoms with Crippen molar-refractivity contribution in [2.75, 3.05) is 0 Å². The van der Waals surface area contributed by atoms with Crippen LogP contribution in [0.4, 0.5) is 0 Å². The summed E-state index contributed by atoms with van der Waals surface area (Å²) < 4.78 is 0. The van der Waals surface area contributed by atoms with Crippen LogP contribution in [-0.2, 0) is 0 Å². The molecule has 0 fully saturated rings. The van der Waals surface area contributed by atoms with E-state index in [2.05, 4.69) is 64.1 Å². The number of rotatable bonds is 4. The maximum Gasteiger partial charge on any atom is -0.0280 e. The molecule has 110 valence electrons. The van der Waals surface area contributed by atoms with Crippen LogP contribution in [0.15, 0.2) is 47.6 Å². The predicted octanol–water partition coefficient (Wildman–Crippen LogP) is 6.54. The molecule has 0 heteroatoms. The highest BCUT2D eigenvalue weighted by Gasteiger charge is 2.04. The first kappa shape index (κ1) is 16.8. The molecule has 2 rings (SSSR count). The van der Waals surface area contributed by atoms with Gasteiger partial charge in [-0.2, -0.15) is 0 Å². The monoisotopic (exact) mass is 270 g/mol. The number of hydrogen-bond acceptors (Lipinski definition) is 0. The number of aryl methyl sites for hydroxylation is 2. The van der Waals surface area contributed by atoms with Gasteiger partial charge in [0, 0.05) is 0 Å². The minimum absolute atomic E-state index is 1.29. The van der Waals surface area contributed by atoms with Gasteiger partial charge in [-0.1, -0.05) is 85.4 Å². The molecular formula is C20H30. The van der Waals surface area contributed by atoms with E-state index in [4.69, 9.17) is 0 Å². The molecule has 0 heterocycles. The van der Waals surface area contributed by atoms with Gasteiger partial charge in [0.2, 0.25) is 0 Å². The van der Waals surface area contributed by atoms with E-state index in [1.54, 1.807) is 11.1 Å². The highest BCUT2D eigenvalue weighted by atomic mass is 14.1. The molecule has 0 radical (unpaired) electrons. The molecule has 0 unspecified atom stereocenters. The van der Waals surface area contributed by atoms with Gasteiger partial charge in [-0.05, 0) is 39.5 Å². The van der Waals surface area contributed by atoms with Crippen LogP contribution in [-0.4, -0.2) is 0 Å². The molecule has 1 aliphatic carbocycles. The summed E-state index contributed by atoms with van der Waals surface area (Å²) in [6.07, 6.45) is 12.5. The Kier molecular flexibility index (Phi) is 8.02. The average molecular weight is 270 g/mol. The molecule has 1 aromatic rings. The zero-order valence-corrected chi connectivity index (χ0v) is 13.7. The molecular weight excluding hydrogens is 240 g/mol. The molecule has 0 spiro atoms. The van der Waals surface area contributed by atoms with Crippen LogP contribution in [0.5, 0.6) is 0 Å². The highest BCUT2D eigenvalue weighted by Crippen LogP contribution is 2.24. The van der Waals surface area contributed by atoms with Crippen molar-refractivity contribution in [3.8, 4) is 0 Å². The third-order valence-electron chi connectivity index (χ3n) is 3.68. The summed E-state index contributed by atoms with van der Waals surface area (Å²) in [5.41, 5.74) is 5.96. The minimum atomic E-state index is 1.29. The molecule has 0 amide bonds. The lowest BCUT2D eigenvalue weighted by Crippen LogP contribution is -1.93. The van der Waals surface area contributed by atoms with Crippen LogP contribution in [0.2, 0.25) is 0 Å². The van der Waals surface area contributed by atoms with E-state index in [0.29, 0.717) is 0 Å². The first-order valence-electron chi connectivity index (χ1n) is 8.06. The summed E-state index contributed by atoms with van der Waals surface area (Å²) in [4.78, 5) is 0. The standard InChI is InChI=1S/C12H20.C8H10/c1-3-5-11-7-9-12(6-4-2)10-8-11;1-7-3-5-8(2)6-4-7/h7,9H,3-6,8,10H2,1-2H3;3-6H,1-2H3. The molecule has 20 heavy (non-hydrogen) atoms. The topological polar surface area (TPSA) is 0 Å². The molecule has 0 saturated carbocycles. The maximum absolute atomic E-state index is 2.35. The first-order valence-corrected chi connectivity index (χ1v) is 8.06. The lowest BCUT2D eigenvalue weighted by Gasteiger charge is -2.13. The van der Waals surface area contributed by atoms with Crippen LogP contribution < -0.4 is 0 Å². The summed E-state index contributed by atoms with van der Waals surface area (Å²) in [5, 5.41) is 0. The minimum Gasteiger partial charge on any atom is -0.0699 e. The van der Waals surface area contributed by atoms with Crippen LogP contribution in [0.25, 0.3) is 0 Å². The van der Waals surface area contributed by atoms with Crippen molar-refractivity contribution < 1.29 is 0 Å². The van der Waals surface area contributed by atoms with Crippen molar-refractivity contribution in [1.82, 2.24) is 0 Å². The molecule has 0 aromatic heterocycles. The molecule has 1 aromatic carbocycles. The Hall–Kier alpha value is -1.30. The molecule has 0 saturated heterocycles. The lowest BCUT2D eigenvalue weighted by molar-refractivity contribution is 0.760. The third kappa shape index (κ3) is 6.75. The van der Waals surface area contributed by atoms with Crippen molar-refractivity contribution in [3.63, 3.8) is 0 Å². The molecule has 0 N–H and O–H groups in total. The number of benzene rings is 1. The van der Waals surface area contributed by atoms with Crippen molar-refractivity contribution in [2.24, 2.45) is 0 Å². The van der Waals surface area contributed by atoms with Crippen molar-refractivity contribution in [2.45, 2.75) is 66.2 Å². The van der Waals surface area contributed by atoms with Crippen LogP contribution in [0.1, 0.15) is 63.5 Å². The molecule has 0 atom stereocenters. The zero-order chi connectivity index (χ0) is 14.8. The first-order chi connectivity index (χ1) is 9.65. The second-order valence-electron chi connectivity index (χ2n) is 5.80. The Labute approximate surface area is 125 Å². The second-order valence-corrected chi connectivity index (χ2v) is 5.80. The Balaban J connectivity index is 0.000000217. The fraction of sp³-hybridized carbons (Fsp3) is 0.500. The smallest absolute Gasteiger partial charge is 0.0280 e. The van der Waals surface area contributed by atoms with Gasteiger partial charge in [0.15, 0.2) is 0 Å². The molecule has 0 aliphatic heterocycles. The SMILES string of the molecule is CCCC1=CC=C(CCC)CC1.Cc1ccc(C)cc1. The Morgan fingerprint density at radius 2 is 1.05 bits per heavy atom. The van der Waals surface area contributed by atoms with Crippen LogP contribution >= 0.6 is 0 Å². The summed E-state index contributed by atoms with van der Waals surface area (Å²) in [6, 6.07) is 8.48. The van der Waals surface area contributed by atoms with Gasteiger partial charge < -0.3 is 0 Å². The molecule has 0 bridgehead atoms. The maximum atomic E-state index is 2.35. The summed E-state index contributed by atoms with van der Waals surface area (Å²) in [6.45, 7) is 8.71. The highest BCUT2D eigenvalue weighted by molar-refractivity contribution is 5.23. The molecule has 1 aliphatic rings. The Morgan fingerprint density at radius 1 is 0.700 bits per heavy atom. The van der Waals surface area contributed by atoms with E-state index in [1.165, 1.54) is 49.7 Å². The third-order valence-corrected chi connectivity index (χ3v) is 3.68. The van der Waals surface area contributed by atoms with Gasteiger partial charge in [-0.3, -0.25) is 0 Å². The summed E-state index contributed by atoms with van der Waals surface area (Å²) >= 11 is 0. The Bertz CT molecular complexity index is 389. The van der Waals surface area contributed by atoms with Gasteiger partial charge >= 0.3 is 0 Å². The fourth-order valence-electron chi connectivity index (χ4n) is 2.42. The largest absolute Gasteiger partial charge is 0.0699 e. The van der Waals surface area contributed by atoms with E-state index in [0.717, 1.165) is 0 Å². The summed E-state index contributed by atoms with van der Waals surface area (Å²) in [5.74, 6) is 0. The lowest BCUT2D eigenvalue weighted by atomic mass is 9.93. The van der Waals surface area contributed by atoms with Crippen LogP contribution in [0, 0.1) is 13.8 Å².